The summed E-state index contributed by atoms with van der Waals surface area (Å²) in [6.45, 7) is 3.85. The molecule has 25 heavy (non-hydrogen) atoms. The van der Waals surface area contributed by atoms with Gasteiger partial charge in [0.15, 0.2) is 0 Å². The lowest BCUT2D eigenvalue weighted by atomic mass is 10.0. The second kappa shape index (κ2) is 8.99. The summed E-state index contributed by atoms with van der Waals surface area (Å²) in [6, 6.07) is 17.7. The van der Waals surface area contributed by atoms with Crippen LogP contribution in [0.3, 0.4) is 0 Å². The molecule has 4 nitrogen and oxygen atoms in total. The summed E-state index contributed by atoms with van der Waals surface area (Å²) in [5.74, 6) is 0.0910. The van der Waals surface area contributed by atoms with Crippen LogP contribution in [-0.4, -0.2) is 30.5 Å². The van der Waals surface area contributed by atoms with Crippen LogP contribution in [0.5, 0.6) is 0 Å². The maximum atomic E-state index is 12.6. The van der Waals surface area contributed by atoms with Crippen molar-refractivity contribution in [3.05, 3.63) is 71.3 Å². The number of nitrogens with zero attached hydrogens (tertiary/aromatic N) is 1. The summed E-state index contributed by atoms with van der Waals surface area (Å²) in [4.78, 5) is 14.5. The van der Waals surface area contributed by atoms with Crippen LogP contribution in [0.1, 0.15) is 35.3 Å². The summed E-state index contributed by atoms with van der Waals surface area (Å²) >= 11 is 0. The van der Waals surface area contributed by atoms with E-state index in [1.807, 2.05) is 47.4 Å². The van der Waals surface area contributed by atoms with Gasteiger partial charge in [0.05, 0.1) is 13.2 Å². The van der Waals surface area contributed by atoms with E-state index >= 15 is 0 Å². The molecule has 2 aromatic carbocycles. The second-order valence-electron chi connectivity index (χ2n) is 6.28. The molecule has 0 radical (unpaired) electrons. The number of hydrogen-bond acceptors (Lipinski definition) is 3. The van der Waals surface area contributed by atoms with Gasteiger partial charge in [0.2, 0.25) is 5.91 Å². The lowest BCUT2D eigenvalue weighted by molar-refractivity contribution is -0.139. The van der Waals surface area contributed by atoms with Crippen LogP contribution in [0.4, 0.5) is 0 Å². The number of hydrogen-bond donors (Lipinski definition) is 1. The van der Waals surface area contributed by atoms with E-state index in [0.29, 0.717) is 26.1 Å². The van der Waals surface area contributed by atoms with E-state index in [0.717, 1.165) is 11.1 Å². The van der Waals surface area contributed by atoms with E-state index in [1.54, 1.807) is 0 Å². The fourth-order valence-electron chi connectivity index (χ4n) is 3.15. The minimum Gasteiger partial charge on any atom is -0.370 e. The van der Waals surface area contributed by atoms with Gasteiger partial charge >= 0.3 is 0 Å². The van der Waals surface area contributed by atoms with Crippen molar-refractivity contribution in [2.45, 2.75) is 25.5 Å². The number of aryl methyl sites for hydroxylation is 1. The molecular weight excluding hydrogens is 336 g/mol. The van der Waals surface area contributed by atoms with Crippen molar-refractivity contribution in [2.75, 3.05) is 19.7 Å². The van der Waals surface area contributed by atoms with E-state index in [1.165, 1.54) is 5.56 Å². The fourth-order valence-corrected chi connectivity index (χ4v) is 3.15. The molecular formula is C20H25ClN2O2. The first-order valence-corrected chi connectivity index (χ1v) is 8.40. The molecule has 1 aliphatic rings. The predicted molar refractivity (Wildman–Crippen MR) is 102 cm³/mol. The van der Waals surface area contributed by atoms with Crippen molar-refractivity contribution in [1.29, 1.82) is 0 Å². The normalized spacial score (nSPS) is 18.3. The molecule has 0 bridgehead atoms. The number of morpholine rings is 1. The van der Waals surface area contributed by atoms with Gasteiger partial charge in [0.25, 0.3) is 0 Å². The van der Waals surface area contributed by atoms with Gasteiger partial charge in [0.1, 0.15) is 6.10 Å². The lowest BCUT2D eigenvalue weighted by Crippen LogP contribution is -2.43. The van der Waals surface area contributed by atoms with Crippen LogP contribution in [0.2, 0.25) is 0 Å². The summed E-state index contributed by atoms with van der Waals surface area (Å²) in [6.07, 6.45) is 0.265. The highest BCUT2D eigenvalue weighted by molar-refractivity contribution is 5.85. The minimum absolute atomic E-state index is 0. The molecule has 1 aliphatic heterocycles. The summed E-state index contributed by atoms with van der Waals surface area (Å²) < 4.78 is 5.89. The highest BCUT2D eigenvalue weighted by atomic mass is 35.5. The highest BCUT2D eigenvalue weighted by Gasteiger charge is 2.27. The summed E-state index contributed by atoms with van der Waals surface area (Å²) in [5, 5.41) is 0. The van der Waals surface area contributed by atoms with Crippen LogP contribution in [0, 0.1) is 6.92 Å². The quantitative estimate of drug-likeness (QED) is 0.909. The zero-order valence-corrected chi connectivity index (χ0v) is 15.2. The molecule has 0 aromatic heterocycles. The number of rotatable bonds is 4. The Kier molecular flexibility index (Phi) is 7.00. The molecule has 3 rings (SSSR count). The van der Waals surface area contributed by atoms with Gasteiger partial charge in [-0.25, -0.2) is 0 Å². The Morgan fingerprint density at radius 1 is 1.20 bits per heavy atom. The van der Waals surface area contributed by atoms with Gasteiger partial charge < -0.3 is 15.4 Å². The van der Waals surface area contributed by atoms with Crippen LogP contribution in [0.15, 0.2) is 54.6 Å². The van der Waals surface area contributed by atoms with Gasteiger partial charge in [-0.3, -0.25) is 4.79 Å². The van der Waals surface area contributed by atoms with E-state index in [9.17, 15) is 4.79 Å². The van der Waals surface area contributed by atoms with Gasteiger partial charge in [-0.05, 0) is 23.6 Å². The molecule has 1 fully saturated rings. The Balaban J connectivity index is 0.00000225. The molecule has 2 aromatic rings. The summed E-state index contributed by atoms with van der Waals surface area (Å²) in [7, 11) is 0. The number of amides is 1. The Morgan fingerprint density at radius 2 is 1.88 bits per heavy atom. The van der Waals surface area contributed by atoms with Crippen molar-refractivity contribution in [2.24, 2.45) is 5.73 Å². The monoisotopic (exact) mass is 360 g/mol. The van der Waals surface area contributed by atoms with E-state index in [-0.39, 0.29) is 30.5 Å². The van der Waals surface area contributed by atoms with E-state index < -0.39 is 0 Å². The minimum atomic E-state index is -0.265. The largest absolute Gasteiger partial charge is 0.370 e. The van der Waals surface area contributed by atoms with Crippen molar-refractivity contribution < 1.29 is 9.53 Å². The second-order valence-corrected chi connectivity index (χ2v) is 6.28. The van der Waals surface area contributed by atoms with Crippen molar-refractivity contribution in [3.8, 4) is 0 Å². The number of halogens is 1. The maximum Gasteiger partial charge on any atom is 0.224 e. The lowest BCUT2D eigenvalue weighted by Gasteiger charge is -2.34. The predicted octanol–water partition coefficient (Wildman–Crippen LogP) is 3.41. The Bertz CT molecular complexity index is 693. The van der Waals surface area contributed by atoms with Crippen molar-refractivity contribution in [3.63, 3.8) is 0 Å². The van der Waals surface area contributed by atoms with Crippen molar-refractivity contribution >= 4 is 18.3 Å². The molecule has 1 heterocycles. The molecule has 2 N–H and O–H groups in total. The first kappa shape index (κ1) is 19.4. The van der Waals surface area contributed by atoms with Crippen LogP contribution >= 0.6 is 12.4 Å². The first-order valence-electron chi connectivity index (χ1n) is 8.40. The van der Waals surface area contributed by atoms with Crippen LogP contribution in [0.25, 0.3) is 0 Å². The molecule has 5 heteroatoms. The Labute approximate surface area is 155 Å². The number of carbonyl (C=O) groups is 1. The third-order valence-electron chi connectivity index (χ3n) is 4.58. The summed E-state index contributed by atoms with van der Waals surface area (Å²) in [5.41, 5.74) is 9.54. The Morgan fingerprint density at radius 3 is 2.60 bits per heavy atom. The van der Waals surface area contributed by atoms with E-state index in [4.69, 9.17) is 10.5 Å². The zero-order valence-electron chi connectivity index (χ0n) is 14.4. The fraction of sp³-hybridized carbons (Fsp3) is 0.350. The highest BCUT2D eigenvalue weighted by Crippen LogP contribution is 2.26. The van der Waals surface area contributed by atoms with Gasteiger partial charge in [0, 0.05) is 19.0 Å². The average Bonchev–Trinajstić information content (AvgIpc) is 2.63. The van der Waals surface area contributed by atoms with Gasteiger partial charge in [-0.15, -0.1) is 12.4 Å². The third kappa shape index (κ3) is 4.82. The van der Waals surface area contributed by atoms with Crippen LogP contribution in [-0.2, 0) is 9.53 Å². The molecule has 0 aliphatic carbocycles. The topological polar surface area (TPSA) is 55.6 Å². The number of ether oxygens (including phenoxy) is 1. The SMILES string of the molecule is Cc1ccccc1C1CN(C(=O)CC(N)c2ccccc2)CCO1.Cl. The Hall–Kier alpha value is -1.88. The molecule has 2 atom stereocenters. The van der Waals surface area contributed by atoms with Crippen LogP contribution < -0.4 is 5.73 Å². The van der Waals surface area contributed by atoms with E-state index in [2.05, 4.69) is 19.1 Å². The van der Waals surface area contributed by atoms with Gasteiger partial charge in [-0.1, -0.05) is 54.6 Å². The zero-order chi connectivity index (χ0) is 16.9. The maximum absolute atomic E-state index is 12.6. The molecule has 1 saturated heterocycles. The van der Waals surface area contributed by atoms with Crippen molar-refractivity contribution in [1.82, 2.24) is 4.90 Å². The molecule has 0 spiro atoms. The molecule has 0 saturated carbocycles. The third-order valence-corrected chi connectivity index (χ3v) is 4.58. The smallest absolute Gasteiger partial charge is 0.224 e. The number of benzene rings is 2. The molecule has 1 amide bonds. The average molecular weight is 361 g/mol. The molecule has 2 unspecified atom stereocenters. The van der Waals surface area contributed by atoms with Gasteiger partial charge in [-0.2, -0.15) is 0 Å². The number of nitrogens with two attached hydrogens (primary N) is 1. The first-order chi connectivity index (χ1) is 11.6. The standard InChI is InChI=1S/C20H24N2O2.ClH/c1-15-7-5-6-10-17(15)19-14-22(11-12-24-19)20(23)13-18(21)16-8-3-2-4-9-16;/h2-10,18-19H,11-14,21H2,1H3;1H. The molecule has 134 valence electrons. The number of carbonyl (C=O) groups excluding carboxylic acids is 1.